The highest BCUT2D eigenvalue weighted by atomic mass is 79.9. The number of halogens is 1. The van der Waals surface area contributed by atoms with E-state index in [1.807, 2.05) is 30.3 Å². The smallest absolute Gasteiger partial charge is 0.255 e. The van der Waals surface area contributed by atoms with Gasteiger partial charge in [0.25, 0.3) is 5.91 Å². The maximum Gasteiger partial charge on any atom is 0.255 e. The van der Waals surface area contributed by atoms with Gasteiger partial charge in [-0.3, -0.25) is 4.79 Å². The van der Waals surface area contributed by atoms with Gasteiger partial charge in [-0.2, -0.15) is 0 Å². The summed E-state index contributed by atoms with van der Waals surface area (Å²) >= 11 is 3.34. The first-order chi connectivity index (χ1) is 13.9. The zero-order chi connectivity index (χ0) is 20.9. The normalized spacial score (nSPS) is 11.1. The lowest BCUT2D eigenvalue weighted by atomic mass is 10.2. The van der Waals surface area contributed by atoms with E-state index in [1.165, 1.54) is 25.3 Å². The highest BCUT2D eigenvalue weighted by Crippen LogP contribution is 2.26. The molecule has 0 fully saturated rings. The summed E-state index contributed by atoms with van der Waals surface area (Å²) in [5.74, 6) is -0.264. The molecule has 6 nitrogen and oxygen atoms in total. The summed E-state index contributed by atoms with van der Waals surface area (Å²) in [5, 5.41) is 2.74. The minimum Gasteiger partial charge on any atom is -0.495 e. The van der Waals surface area contributed by atoms with Crippen LogP contribution in [0.4, 0.5) is 5.69 Å². The number of methoxy groups -OCH3 is 1. The van der Waals surface area contributed by atoms with Crippen LogP contribution in [0.1, 0.15) is 15.9 Å². The Labute approximate surface area is 178 Å². The van der Waals surface area contributed by atoms with Gasteiger partial charge in [0.15, 0.2) is 0 Å². The predicted molar refractivity (Wildman–Crippen MR) is 116 cm³/mol. The van der Waals surface area contributed by atoms with Crippen LogP contribution in [0.25, 0.3) is 0 Å². The van der Waals surface area contributed by atoms with Crippen molar-refractivity contribution >= 4 is 37.5 Å². The summed E-state index contributed by atoms with van der Waals surface area (Å²) in [5.41, 5.74) is 1.62. The van der Waals surface area contributed by atoms with E-state index in [0.717, 1.165) is 10.0 Å². The van der Waals surface area contributed by atoms with Crippen LogP contribution in [-0.4, -0.2) is 21.4 Å². The average Bonchev–Trinajstić information content (AvgIpc) is 2.74. The molecule has 0 aromatic heterocycles. The number of rotatable bonds is 7. The zero-order valence-corrected chi connectivity index (χ0v) is 18.0. The van der Waals surface area contributed by atoms with Crippen molar-refractivity contribution in [2.24, 2.45) is 0 Å². The largest absolute Gasteiger partial charge is 0.495 e. The molecule has 3 aromatic rings. The van der Waals surface area contributed by atoms with Crippen molar-refractivity contribution in [3.05, 3.63) is 88.4 Å². The van der Waals surface area contributed by atoms with Gasteiger partial charge in [0.1, 0.15) is 10.6 Å². The third-order valence-electron chi connectivity index (χ3n) is 4.13. The topological polar surface area (TPSA) is 84.5 Å². The van der Waals surface area contributed by atoms with Crippen LogP contribution >= 0.6 is 15.9 Å². The quantitative estimate of drug-likeness (QED) is 0.537. The van der Waals surface area contributed by atoms with E-state index in [0.29, 0.717) is 5.69 Å². The van der Waals surface area contributed by atoms with E-state index < -0.39 is 15.9 Å². The van der Waals surface area contributed by atoms with E-state index in [1.54, 1.807) is 24.3 Å². The van der Waals surface area contributed by atoms with Gasteiger partial charge >= 0.3 is 0 Å². The van der Waals surface area contributed by atoms with Gasteiger partial charge in [0.2, 0.25) is 10.0 Å². The first kappa shape index (κ1) is 21.0. The second-order valence-electron chi connectivity index (χ2n) is 6.14. The summed E-state index contributed by atoms with van der Waals surface area (Å²) in [6.45, 7) is 0.127. The molecule has 0 radical (unpaired) electrons. The van der Waals surface area contributed by atoms with Crippen molar-refractivity contribution < 1.29 is 17.9 Å². The SMILES string of the molecule is COc1ccc(C(=O)Nc2ccc(Br)cc2)cc1S(=O)(=O)NCc1ccccc1. The third-order valence-corrected chi connectivity index (χ3v) is 6.08. The fraction of sp³-hybridized carbons (Fsp3) is 0.0952. The van der Waals surface area contributed by atoms with Crippen molar-refractivity contribution in [3.8, 4) is 5.75 Å². The first-order valence-corrected chi connectivity index (χ1v) is 11.0. The fourth-order valence-corrected chi connectivity index (χ4v) is 4.09. The molecule has 0 aliphatic heterocycles. The number of ether oxygens (including phenoxy) is 1. The molecular weight excluding hydrogens is 456 g/mol. The molecule has 8 heteroatoms. The molecule has 0 heterocycles. The Hall–Kier alpha value is -2.68. The van der Waals surface area contributed by atoms with Gasteiger partial charge in [-0.05, 0) is 48.0 Å². The number of hydrogen-bond acceptors (Lipinski definition) is 4. The molecular formula is C21H19BrN2O4S. The van der Waals surface area contributed by atoms with E-state index in [-0.39, 0.29) is 22.8 Å². The predicted octanol–water partition coefficient (Wildman–Crippen LogP) is 4.19. The maximum absolute atomic E-state index is 12.8. The Morgan fingerprint density at radius 1 is 1.00 bits per heavy atom. The number of hydrogen-bond donors (Lipinski definition) is 2. The van der Waals surface area contributed by atoms with Crippen molar-refractivity contribution in [2.45, 2.75) is 11.4 Å². The molecule has 3 rings (SSSR count). The van der Waals surface area contributed by atoms with Gasteiger partial charge in [-0.1, -0.05) is 46.3 Å². The summed E-state index contributed by atoms with van der Waals surface area (Å²) in [7, 11) is -2.51. The lowest BCUT2D eigenvalue weighted by Gasteiger charge is -2.13. The number of amides is 1. The highest BCUT2D eigenvalue weighted by molar-refractivity contribution is 9.10. The van der Waals surface area contributed by atoms with Gasteiger partial charge in [0, 0.05) is 22.3 Å². The van der Waals surface area contributed by atoms with Gasteiger partial charge in [-0.25, -0.2) is 13.1 Å². The van der Waals surface area contributed by atoms with Crippen molar-refractivity contribution in [2.75, 3.05) is 12.4 Å². The molecule has 0 aliphatic carbocycles. The minimum atomic E-state index is -3.90. The molecule has 2 N–H and O–H groups in total. The standard InChI is InChI=1S/C21H19BrN2O4S/c1-28-19-12-7-16(21(25)24-18-10-8-17(22)9-11-18)13-20(19)29(26,27)23-14-15-5-3-2-4-6-15/h2-13,23H,14H2,1H3,(H,24,25). The van der Waals surface area contributed by atoms with Crippen LogP contribution in [0.5, 0.6) is 5.75 Å². The Morgan fingerprint density at radius 3 is 2.34 bits per heavy atom. The zero-order valence-electron chi connectivity index (χ0n) is 15.6. The molecule has 29 heavy (non-hydrogen) atoms. The minimum absolute atomic E-state index is 0.0978. The van der Waals surface area contributed by atoms with Crippen LogP contribution < -0.4 is 14.8 Å². The summed E-state index contributed by atoms with van der Waals surface area (Å²) < 4.78 is 34.3. The van der Waals surface area contributed by atoms with E-state index >= 15 is 0 Å². The van der Waals surface area contributed by atoms with Crippen LogP contribution in [-0.2, 0) is 16.6 Å². The molecule has 150 valence electrons. The van der Waals surface area contributed by atoms with Crippen LogP contribution in [0.3, 0.4) is 0 Å². The lowest BCUT2D eigenvalue weighted by Crippen LogP contribution is -2.24. The van der Waals surface area contributed by atoms with Crippen molar-refractivity contribution in [1.82, 2.24) is 4.72 Å². The average molecular weight is 475 g/mol. The Bertz CT molecular complexity index is 1100. The molecule has 0 unspecified atom stereocenters. The van der Waals surface area contributed by atoms with Gasteiger partial charge < -0.3 is 10.1 Å². The van der Waals surface area contributed by atoms with E-state index in [2.05, 4.69) is 26.0 Å². The number of anilines is 1. The molecule has 1 amide bonds. The second-order valence-corrected chi connectivity index (χ2v) is 8.79. The van der Waals surface area contributed by atoms with Gasteiger partial charge in [0.05, 0.1) is 7.11 Å². The second kappa shape index (κ2) is 9.21. The fourth-order valence-electron chi connectivity index (χ4n) is 2.62. The van der Waals surface area contributed by atoms with Crippen LogP contribution in [0.15, 0.2) is 82.2 Å². The van der Waals surface area contributed by atoms with Crippen LogP contribution in [0.2, 0.25) is 0 Å². The van der Waals surface area contributed by atoms with E-state index in [9.17, 15) is 13.2 Å². The lowest BCUT2D eigenvalue weighted by molar-refractivity contribution is 0.102. The monoisotopic (exact) mass is 474 g/mol. The Balaban J connectivity index is 1.83. The first-order valence-electron chi connectivity index (χ1n) is 8.67. The number of sulfonamides is 1. The molecule has 0 spiro atoms. The Morgan fingerprint density at radius 2 is 1.69 bits per heavy atom. The molecule has 0 atom stereocenters. The number of nitrogens with one attached hydrogen (secondary N) is 2. The maximum atomic E-state index is 12.8. The molecule has 0 saturated carbocycles. The molecule has 0 saturated heterocycles. The highest BCUT2D eigenvalue weighted by Gasteiger charge is 2.21. The summed E-state index contributed by atoms with van der Waals surface area (Å²) in [6.07, 6.45) is 0. The number of carbonyl (C=O) groups is 1. The number of benzene rings is 3. The molecule has 0 bridgehead atoms. The Kier molecular flexibility index (Phi) is 6.68. The van der Waals surface area contributed by atoms with E-state index in [4.69, 9.17) is 4.74 Å². The van der Waals surface area contributed by atoms with Gasteiger partial charge in [-0.15, -0.1) is 0 Å². The van der Waals surface area contributed by atoms with Crippen molar-refractivity contribution in [3.63, 3.8) is 0 Å². The summed E-state index contributed by atoms with van der Waals surface area (Å²) in [6, 6.07) is 20.5. The summed E-state index contributed by atoms with van der Waals surface area (Å²) in [4.78, 5) is 12.5. The third kappa shape index (κ3) is 5.44. The molecule has 0 aliphatic rings. The van der Waals surface area contributed by atoms with Crippen molar-refractivity contribution in [1.29, 1.82) is 0 Å². The van der Waals surface area contributed by atoms with Crippen LogP contribution in [0, 0.1) is 0 Å². The molecule has 3 aromatic carbocycles. The number of carbonyl (C=O) groups excluding carboxylic acids is 1.